The molecule has 3 aromatic rings. The van der Waals surface area contributed by atoms with Gasteiger partial charge in [0.15, 0.2) is 0 Å². The first kappa shape index (κ1) is 39.0. The highest BCUT2D eigenvalue weighted by molar-refractivity contribution is 6.07. The minimum Gasteiger partial charge on any atom is -0.456 e. The molecular formula is C39H48F3N5O7. The number of urea groups is 1. The van der Waals surface area contributed by atoms with E-state index in [0.717, 1.165) is 29.4 Å². The summed E-state index contributed by atoms with van der Waals surface area (Å²) in [7, 11) is 0. The number of rotatable bonds is 8. The van der Waals surface area contributed by atoms with Gasteiger partial charge in [0.05, 0.1) is 5.56 Å². The molecule has 12 nitrogen and oxygen atoms in total. The lowest BCUT2D eigenvalue weighted by atomic mass is 9.85. The molecule has 3 fully saturated rings. The molecule has 1 aromatic heterocycles. The highest BCUT2D eigenvalue weighted by Gasteiger charge is 2.58. The maximum atomic E-state index is 14.4. The Morgan fingerprint density at radius 2 is 1.61 bits per heavy atom. The Balaban J connectivity index is 1.22. The van der Waals surface area contributed by atoms with Gasteiger partial charge >= 0.3 is 18.3 Å². The van der Waals surface area contributed by atoms with Crippen molar-refractivity contribution in [1.29, 1.82) is 0 Å². The van der Waals surface area contributed by atoms with E-state index in [4.69, 9.17) is 18.7 Å². The highest BCUT2D eigenvalue weighted by Crippen LogP contribution is 2.43. The Kier molecular flexibility index (Phi) is 10.8. The number of alkyl halides is 3. The zero-order valence-electron chi connectivity index (χ0n) is 31.6. The summed E-state index contributed by atoms with van der Waals surface area (Å²) >= 11 is 0. The highest BCUT2D eigenvalue weighted by atomic mass is 19.4. The van der Waals surface area contributed by atoms with Gasteiger partial charge in [-0.05, 0) is 88.5 Å². The molecule has 1 spiro atoms. The average molecular weight is 756 g/mol. The van der Waals surface area contributed by atoms with Gasteiger partial charge < -0.3 is 28.5 Å². The third-order valence-electron chi connectivity index (χ3n) is 10.2. The molecule has 3 aliphatic heterocycles. The summed E-state index contributed by atoms with van der Waals surface area (Å²) in [5.41, 5.74) is -2.53. The molecule has 3 aliphatic rings. The van der Waals surface area contributed by atoms with Gasteiger partial charge in [-0.3, -0.25) is 9.69 Å². The number of imide groups is 1. The van der Waals surface area contributed by atoms with Crippen molar-refractivity contribution in [2.24, 2.45) is 5.92 Å². The molecule has 0 atom stereocenters. The molecule has 0 bridgehead atoms. The molecule has 4 heterocycles. The van der Waals surface area contributed by atoms with Crippen LogP contribution < -0.4 is 4.74 Å². The van der Waals surface area contributed by atoms with Crippen LogP contribution in [0, 0.1) is 5.92 Å². The normalized spacial score (nSPS) is 18.5. The van der Waals surface area contributed by atoms with Gasteiger partial charge in [-0.2, -0.15) is 18.2 Å². The molecule has 3 saturated heterocycles. The topological polar surface area (TPSA) is 128 Å². The van der Waals surface area contributed by atoms with Crippen molar-refractivity contribution in [2.45, 2.75) is 103 Å². The van der Waals surface area contributed by atoms with E-state index in [-0.39, 0.29) is 60.9 Å². The fourth-order valence-corrected chi connectivity index (χ4v) is 7.29. The number of ether oxygens (including phenoxy) is 3. The van der Waals surface area contributed by atoms with E-state index >= 15 is 0 Å². The van der Waals surface area contributed by atoms with Crippen molar-refractivity contribution < 1.29 is 46.3 Å². The minimum absolute atomic E-state index is 0.0110. The number of likely N-dealkylation sites (tertiary alicyclic amines) is 1. The van der Waals surface area contributed by atoms with Crippen molar-refractivity contribution in [1.82, 2.24) is 24.8 Å². The van der Waals surface area contributed by atoms with Crippen LogP contribution in [-0.2, 0) is 32.4 Å². The SMILES string of the molecule is CC(C)(C)OC(=O)N1CCC2(CC1)C(=O)N(Cc1nc(-c3ccc(Oc4ccccc4C(C)(C)C)c(C(F)(F)F)c3)no1)C(=O)N2CCC1CCOCC1. The van der Waals surface area contributed by atoms with Crippen molar-refractivity contribution >= 4 is 18.0 Å². The third kappa shape index (κ3) is 8.35. The first-order chi connectivity index (χ1) is 25.4. The van der Waals surface area contributed by atoms with Crippen LogP contribution in [0.25, 0.3) is 11.4 Å². The number of para-hydroxylation sites is 1. The van der Waals surface area contributed by atoms with E-state index in [0.29, 0.717) is 37.8 Å². The maximum absolute atomic E-state index is 14.4. The van der Waals surface area contributed by atoms with Crippen LogP contribution in [0.3, 0.4) is 0 Å². The largest absolute Gasteiger partial charge is 0.456 e. The van der Waals surface area contributed by atoms with Crippen LogP contribution >= 0.6 is 0 Å². The zero-order chi connectivity index (χ0) is 39.1. The average Bonchev–Trinajstić information content (AvgIpc) is 3.64. The van der Waals surface area contributed by atoms with Gasteiger partial charge in [0, 0.05) is 44.0 Å². The van der Waals surface area contributed by atoms with E-state index in [9.17, 15) is 27.6 Å². The van der Waals surface area contributed by atoms with E-state index in [1.165, 1.54) is 12.1 Å². The van der Waals surface area contributed by atoms with E-state index in [1.807, 2.05) is 26.8 Å². The number of carbonyl (C=O) groups is 3. The van der Waals surface area contributed by atoms with E-state index in [1.54, 1.807) is 48.8 Å². The van der Waals surface area contributed by atoms with Gasteiger partial charge in [0.2, 0.25) is 11.7 Å². The number of hydrogen-bond acceptors (Lipinski definition) is 9. The van der Waals surface area contributed by atoms with Crippen LogP contribution in [0.2, 0.25) is 0 Å². The predicted molar refractivity (Wildman–Crippen MR) is 191 cm³/mol. The quantitative estimate of drug-likeness (QED) is 0.209. The minimum atomic E-state index is -4.77. The van der Waals surface area contributed by atoms with Crippen LogP contribution in [-0.4, -0.2) is 86.9 Å². The monoisotopic (exact) mass is 755 g/mol. The molecular weight excluding hydrogens is 707 g/mol. The molecule has 0 N–H and O–H groups in total. The van der Waals surface area contributed by atoms with Crippen LogP contribution in [0.15, 0.2) is 47.0 Å². The molecule has 292 valence electrons. The number of halogens is 3. The number of hydrogen-bond donors (Lipinski definition) is 0. The number of nitrogens with zero attached hydrogens (tertiary/aromatic N) is 5. The Morgan fingerprint density at radius 3 is 2.26 bits per heavy atom. The summed E-state index contributed by atoms with van der Waals surface area (Å²) < 4.78 is 65.6. The van der Waals surface area contributed by atoms with Gasteiger partial charge in [0.25, 0.3) is 5.91 Å². The summed E-state index contributed by atoms with van der Waals surface area (Å²) in [5, 5.41) is 3.91. The smallest absolute Gasteiger partial charge is 0.420 e. The maximum Gasteiger partial charge on any atom is 0.420 e. The Labute approximate surface area is 312 Å². The number of aromatic nitrogens is 2. The van der Waals surface area contributed by atoms with Crippen LogP contribution in [0.1, 0.15) is 90.7 Å². The number of piperidine rings is 1. The number of benzene rings is 2. The fourth-order valence-electron chi connectivity index (χ4n) is 7.29. The Hall–Kier alpha value is -4.66. The second-order valence-corrected chi connectivity index (χ2v) is 16.2. The van der Waals surface area contributed by atoms with E-state index in [2.05, 4.69) is 10.1 Å². The molecule has 4 amide bonds. The van der Waals surface area contributed by atoms with E-state index < -0.39 is 40.9 Å². The lowest BCUT2D eigenvalue weighted by molar-refractivity contribution is -0.138. The zero-order valence-corrected chi connectivity index (χ0v) is 31.6. The molecule has 0 aliphatic carbocycles. The Bertz CT molecular complexity index is 1850. The van der Waals surface area contributed by atoms with Gasteiger partial charge in [-0.1, -0.05) is 44.1 Å². The van der Waals surface area contributed by atoms with Crippen LogP contribution in [0.4, 0.5) is 22.8 Å². The lowest BCUT2D eigenvalue weighted by Crippen LogP contribution is -2.58. The first-order valence-electron chi connectivity index (χ1n) is 18.4. The molecule has 0 unspecified atom stereocenters. The summed E-state index contributed by atoms with van der Waals surface area (Å²) in [6.07, 6.45) is -2.43. The van der Waals surface area contributed by atoms with Gasteiger partial charge in [0.1, 0.15) is 29.2 Å². The number of carbonyl (C=O) groups excluding carboxylic acids is 3. The Morgan fingerprint density at radius 1 is 0.944 bits per heavy atom. The molecule has 54 heavy (non-hydrogen) atoms. The summed E-state index contributed by atoms with van der Waals surface area (Å²) in [6.45, 7) is 12.8. The summed E-state index contributed by atoms with van der Waals surface area (Å²) in [5.74, 6) is -0.455. The number of amides is 4. The molecule has 0 radical (unpaired) electrons. The second kappa shape index (κ2) is 14.9. The lowest BCUT2D eigenvalue weighted by Gasteiger charge is -2.42. The molecule has 0 saturated carbocycles. The van der Waals surface area contributed by atoms with Crippen molar-refractivity contribution in [2.75, 3.05) is 32.8 Å². The predicted octanol–water partition coefficient (Wildman–Crippen LogP) is 8.20. The van der Waals surface area contributed by atoms with Gasteiger partial charge in [-0.15, -0.1) is 0 Å². The standard InChI is InChI=1S/C39H48F3N5O7/c1-36(2,3)27-9-7-8-10-29(27)52-30-12-11-26(23-28(30)39(40,41)42)32-43-31(54-44-32)24-46-33(48)38(16-19-45(20-17-38)35(50)53-37(4,5)6)47(34(46)49)18-13-25-14-21-51-22-15-25/h7-12,23,25H,13-22,24H2,1-6H3. The summed E-state index contributed by atoms with van der Waals surface area (Å²) in [4.78, 5) is 49.7. The second-order valence-electron chi connectivity index (χ2n) is 16.2. The van der Waals surface area contributed by atoms with Crippen LogP contribution in [0.5, 0.6) is 11.5 Å². The molecule has 6 rings (SSSR count). The first-order valence-corrected chi connectivity index (χ1v) is 18.4. The summed E-state index contributed by atoms with van der Waals surface area (Å²) in [6, 6.07) is 9.92. The fraction of sp³-hybridized carbons (Fsp3) is 0.564. The van der Waals surface area contributed by atoms with Crippen molar-refractivity contribution in [3.05, 3.63) is 59.5 Å². The third-order valence-corrected chi connectivity index (χ3v) is 10.2. The van der Waals surface area contributed by atoms with Crippen molar-refractivity contribution in [3.8, 4) is 22.9 Å². The van der Waals surface area contributed by atoms with Gasteiger partial charge in [-0.25, -0.2) is 9.59 Å². The molecule has 15 heteroatoms. The van der Waals surface area contributed by atoms with Crippen molar-refractivity contribution in [3.63, 3.8) is 0 Å². The molecule has 2 aromatic carbocycles.